The molecule has 0 fully saturated rings. The number of rotatable bonds is 3. The van der Waals surface area contributed by atoms with Crippen LogP contribution in [0.4, 0.5) is 0 Å². The predicted molar refractivity (Wildman–Crippen MR) is 130 cm³/mol. The number of phenolic OH excluding ortho intramolecular Hbond substituents is 1. The second kappa shape index (κ2) is 8.58. The molecule has 0 radical (unpaired) electrons. The Morgan fingerprint density at radius 1 is 0.912 bits per heavy atom. The van der Waals surface area contributed by atoms with Crippen LogP contribution < -0.4 is 4.74 Å². The topological polar surface area (TPSA) is 60.2 Å². The average Bonchev–Trinajstić information content (AvgIpc) is 3.14. The molecule has 6 aromatic rings. The van der Waals surface area contributed by atoms with Crippen LogP contribution in [0.3, 0.4) is 0 Å². The molecule has 0 aliphatic heterocycles. The van der Waals surface area contributed by atoms with Gasteiger partial charge in [-0.05, 0) is 61.2 Å². The second-order valence-electron chi connectivity index (χ2n) is 8.19. The van der Waals surface area contributed by atoms with Crippen LogP contribution in [0.5, 0.6) is 17.4 Å². The molecule has 34 heavy (non-hydrogen) atoms. The largest absolute Gasteiger partial charge is 0.506 e. The summed E-state index contributed by atoms with van der Waals surface area (Å²) < 4.78 is 8.28. The number of fused-ring (bicyclic) bond motifs is 4. The van der Waals surface area contributed by atoms with Gasteiger partial charge in [-0.2, -0.15) is 6.07 Å². The van der Waals surface area contributed by atoms with Gasteiger partial charge in [0.2, 0.25) is 5.88 Å². The number of nitrogens with zero attached hydrogens (tertiary/aromatic N) is 3. The summed E-state index contributed by atoms with van der Waals surface area (Å²) in [6, 6.07) is 27.2. The van der Waals surface area contributed by atoms with E-state index < -0.39 is 0 Å². The fourth-order valence-electron chi connectivity index (χ4n) is 4.37. The number of phenols is 1. The summed E-state index contributed by atoms with van der Waals surface area (Å²) in [4.78, 5) is 9.16. The summed E-state index contributed by atoms with van der Waals surface area (Å²) in [5, 5.41) is 13.5. The van der Waals surface area contributed by atoms with E-state index in [-0.39, 0.29) is 26.8 Å². The number of aromatic hydroxyl groups is 1. The Morgan fingerprint density at radius 3 is 2.56 bits per heavy atom. The van der Waals surface area contributed by atoms with E-state index in [1.54, 1.807) is 12.3 Å². The van der Waals surface area contributed by atoms with E-state index >= 15 is 0 Å². The molecule has 6 heteroatoms. The molecular formula is C28H20N3O2Pt-. The molecule has 0 saturated carbocycles. The number of hydrogen-bond acceptors (Lipinski definition) is 4. The number of para-hydroxylation sites is 1. The summed E-state index contributed by atoms with van der Waals surface area (Å²) in [5.74, 6) is 1.95. The summed E-state index contributed by atoms with van der Waals surface area (Å²) >= 11 is 0. The van der Waals surface area contributed by atoms with E-state index in [1.807, 2.05) is 68.4 Å². The first-order valence-electron chi connectivity index (χ1n) is 10.7. The van der Waals surface area contributed by atoms with Crippen LogP contribution in [0.15, 0.2) is 79.0 Å². The monoisotopic (exact) mass is 625 g/mol. The maximum atomic E-state index is 10.4. The molecule has 0 atom stereocenters. The molecule has 3 aromatic heterocycles. The molecule has 0 saturated heterocycles. The van der Waals surface area contributed by atoms with Crippen molar-refractivity contribution in [2.45, 2.75) is 13.8 Å². The van der Waals surface area contributed by atoms with Crippen LogP contribution in [0.25, 0.3) is 38.5 Å². The number of aryl methyl sites for hydroxylation is 2. The molecule has 5 nitrogen and oxygen atoms in total. The number of ether oxygens (including phenoxy) is 1. The van der Waals surface area contributed by atoms with Crippen molar-refractivity contribution in [2.75, 3.05) is 0 Å². The zero-order valence-electron chi connectivity index (χ0n) is 18.5. The molecule has 0 aliphatic rings. The average molecular weight is 626 g/mol. The third-order valence-corrected chi connectivity index (χ3v) is 5.83. The maximum absolute atomic E-state index is 10.4. The second-order valence-corrected chi connectivity index (χ2v) is 8.19. The molecule has 3 aromatic carbocycles. The molecule has 0 aliphatic carbocycles. The van der Waals surface area contributed by atoms with Gasteiger partial charge in [-0.1, -0.05) is 29.8 Å². The number of hydrogen-bond donors (Lipinski definition) is 1. The van der Waals surface area contributed by atoms with E-state index in [9.17, 15) is 5.11 Å². The molecule has 3 heterocycles. The van der Waals surface area contributed by atoms with E-state index in [2.05, 4.69) is 32.7 Å². The first-order valence-corrected chi connectivity index (χ1v) is 10.7. The molecule has 0 amide bonds. The number of aromatic nitrogens is 3. The van der Waals surface area contributed by atoms with Crippen LogP contribution in [0.2, 0.25) is 0 Å². The molecular weight excluding hydrogens is 605 g/mol. The fourth-order valence-corrected chi connectivity index (χ4v) is 4.37. The van der Waals surface area contributed by atoms with Crippen molar-refractivity contribution in [3.05, 3.63) is 96.2 Å². The predicted octanol–water partition coefficient (Wildman–Crippen LogP) is 6.64. The van der Waals surface area contributed by atoms with Gasteiger partial charge in [0.1, 0.15) is 17.1 Å². The number of benzene rings is 3. The minimum atomic E-state index is 0. The first kappa shape index (κ1) is 22.1. The summed E-state index contributed by atoms with van der Waals surface area (Å²) in [6.07, 6.45) is 1.78. The van der Waals surface area contributed by atoms with E-state index in [0.717, 1.165) is 44.1 Å². The van der Waals surface area contributed by atoms with Gasteiger partial charge in [-0.15, -0.1) is 17.5 Å². The van der Waals surface area contributed by atoms with Crippen LogP contribution >= 0.6 is 0 Å². The molecule has 1 N–H and O–H groups in total. The smallest absolute Gasteiger partial charge is 0.220 e. The normalized spacial score (nSPS) is 11.1. The van der Waals surface area contributed by atoms with Crippen molar-refractivity contribution in [1.82, 2.24) is 14.5 Å². The molecule has 0 unspecified atom stereocenters. The summed E-state index contributed by atoms with van der Waals surface area (Å²) in [6.45, 7) is 3.90. The van der Waals surface area contributed by atoms with Crippen molar-refractivity contribution in [3.63, 3.8) is 0 Å². The standard InChI is InChI=1S/C28H20N3O2.Pt/c1-17-13-19-15-18(2)28(30-27(19)25(32)14-17)33-20-10-11-22-21-7-3-4-8-23(21)31(24(22)16-20)26-9-5-6-12-29-26;/h3-15,32H,1-2H3;/q-1;. The van der Waals surface area contributed by atoms with Gasteiger partial charge >= 0.3 is 0 Å². The summed E-state index contributed by atoms with van der Waals surface area (Å²) in [5.41, 5.74) is 4.32. The quantitative estimate of drug-likeness (QED) is 0.224. The van der Waals surface area contributed by atoms with Crippen LogP contribution in [0, 0.1) is 19.9 Å². The Kier molecular flexibility index (Phi) is 5.58. The molecule has 170 valence electrons. The maximum Gasteiger partial charge on any atom is 0.220 e. The van der Waals surface area contributed by atoms with Gasteiger partial charge in [-0.25, -0.2) is 9.97 Å². The Balaban J connectivity index is 0.00000241. The number of pyridine rings is 2. The van der Waals surface area contributed by atoms with Crippen LogP contribution in [0.1, 0.15) is 11.1 Å². The zero-order chi connectivity index (χ0) is 22.5. The Labute approximate surface area is 210 Å². The first-order chi connectivity index (χ1) is 16.1. The van der Waals surface area contributed by atoms with Gasteiger partial charge in [0, 0.05) is 49.5 Å². The zero-order valence-corrected chi connectivity index (χ0v) is 20.8. The summed E-state index contributed by atoms with van der Waals surface area (Å²) in [7, 11) is 0. The van der Waals surface area contributed by atoms with Crippen molar-refractivity contribution in [1.29, 1.82) is 0 Å². The molecule has 0 spiro atoms. The fraction of sp³-hybridized carbons (Fsp3) is 0.0714. The van der Waals surface area contributed by atoms with E-state index in [1.165, 1.54) is 0 Å². The van der Waals surface area contributed by atoms with Gasteiger partial charge < -0.3 is 14.4 Å². The SMILES string of the molecule is Cc1cc(O)c2nc(Oc3[c-]c4c(cc3)c3ccccc3n4-c3ccccn3)c(C)cc2c1.[Pt]. The van der Waals surface area contributed by atoms with Crippen molar-refractivity contribution in [2.24, 2.45) is 0 Å². The van der Waals surface area contributed by atoms with Crippen LogP contribution in [-0.4, -0.2) is 19.6 Å². The van der Waals surface area contributed by atoms with Gasteiger partial charge in [0.25, 0.3) is 0 Å². The van der Waals surface area contributed by atoms with Gasteiger partial charge in [-0.3, -0.25) is 0 Å². The minimum absolute atomic E-state index is 0. The van der Waals surface area contributed by atoms with Gasteiger partial charge in [0.05, 0.1) is 0 Å². The Bertz CT molecular complexity index is 1680. The minimum Gasteiger partial charge on any atom is -0.506 e. The van der Waals surface area contributed by atoms with Crippen molar-refractivity contribution in [3.8, 4) is 23.2 Å². The van der Waals surface area contributed by atoms with Crippen molar-refractivity contribution < 1.29 is 30.9 Å². The molecule has 0 bridgehead atoms. The molecule has 6 rings (SSSR count). The van der Waals surface area contributed by atoms with E-state index in [4.69, 9.17) is 4.74 Å². The van der Waals surface area contributed by atoms with Crippen molar-refractivity contribution >= 4 is 32.7 Å². The van der Waals surface area contributed by atoms with Crippen LogP contribution in [-0.2, 0) is 21.1 Å². The third-order valence-electron chi connectivity index (χ3n) is 5.83. The Morgan fingerprint density at radius 2 is 1.74 bits per heavy atom. The third kappa shape index (κ3) is 3.63. The van der Waals surface area contributed by atoms with E-state index in [0.29, 0.717) is 17.1 Å². The Hall–Kier alpha value is -3.69. The van der Waals surface area contributed by atoms with Gasteiger partial charge in [0.15, 0.2) is 0 Å².